The molecule has 4 rings (SSSR count). The van der Waals surface area contributed by atoms with E-state index in [1.165, 1.54) is 5.56 Å². The number of hydrogen-bond donors (Lipinski definition) is 2. The van der Waals surface area contributed by atoms with Crippen molar-refractivity contribution in [2.24, 2.45) is 0 Å². The number of fused-ring (bicyclic) bond motifs is 1. The highest BCUT2D eigenvalue weighted by Gasteiger charge is 2.31. The molecule has 0 bridgehead atoms. The van der Waals surface area contributed by atoms with Crippen molar-refractivity contribution in [2.75, 3.05) is 11.1 Å². The zero-order valence-electron chi connectivity index (χ0n) is 12.7. The normalized spacial score (nSPS) is 19.6. The second-order valence-electron chi connectivity index (χ2n) is 5.76. The minimum Gasteiger partial charge on any atom is -0.366 e. The van der Waals surface area contributed by atoms with Crippen molar-refractivity contribution < 1.29 is 0 Å². The van der Waals surface area contributed by atoms with E-state index in [4.69, 9.17) is 28.9 Å². The third-order valence-corrected chi connectivity index (χ3v) is 4.79. The standard InChI is InChI=1S/C17H15Cl2N5/c18-11-6-7-12(13(19)8-11)15-9-14(10-4-2-1-3-5-10)21-17-22-16(20)23-24(15)17/h1-8,14-15H,9H2,(H3,20,21,22,23)/t14-,15+/m1/s1. The van der Waals surface area contributed by atoms with E-state index in [2.05, 4.69) is 27.5 Å². The summed E-state index contributed by atoms with van der Waals surface area (Å²) < 4.78 is 1.80. The van der Waals surface area contributed by atoms with Crippen LogP contribution in [-0.4, -0.2) is 14.8 Å². The smallest absolute Gasteiger partial charge is 0.241 e. The Morgan fingerprint density at radius 3 is 2.67 bits per heavy atom. The van der Waals surface area contributed by atoms with Crippen molar-refractivity contribution in [1.29, 1.82) is 0 Å². The molecule has 0 spiro atoms. The average Bonchev–Trinajstić information content (AvgIpc) is 2.95. The van der Waals surface area contributed by atoms with Crippen molar-refractivity contribution in [3.05, 3.63) is 69.7 Å². The fourth-order valence-electron chi connectivity index (χ4n) is 3.13. The van der Waals surface area contributed by atoms with Crippen LogP contribution < -0.4 is 11.1 Å². The molecule has 0 saturated heterocycles. The van der Waals surface area contributed by atoms with E-state index in [0.29, 0.717) is 16.0 Å². The minimum absolute atomic E-state index is 0.0685. The lowest BCUT2D eigenvalue weighted by Gasteiger charge is -2.32. The molecule has 3 aromatic rings. The first-order valence-corrected chi connectivity index (χ1v) is 8.36. The van der Waals surface area contributed by atoms with Gasteiger partial charge >= 0.3 is 0 Å². The van der Waals surface area contributed by atoms with E-state index >= 15 is 0 Å². The molecule has 0 aliphatic carbocycles. The van der Waals surface area contributed by atoms with Crippen LogP contribution in [0.3, 0.4) is 0 Å². The molecule has 2 atom stereocenters. The summed E-state index contributed by atoms with van der Waals surface area (Å²) >= 11 is 12.5. The largest absolute Gasteiger partial charge is 0.366 e. The van der Waals surface area contributed by atoms with E-state index in [1.54, 1.807) is 10.7 Å². The number of rotatable bonds is 2. The van der Waals surface area contributed by atoms with Crippen molar-refractivity contribution in [1.82, 2.24) is 14.8 Å². The Morgan fingerprint density at radius 2 is 1.92 bits per heavy atom. The van der Waals surface area contributed by atoms with Gasteiger partial charge in [-0.2, -0.15) is 4.98 Å². The van der Waals surface area contributed by atoms with Gasteiger partial charge < -0.3 is 11.1 Å². The van der Waals surface area contributed by atoms with E-state index < -0.39 is 0 Å². The summed E-state index contributed by atoms with van der Waals surface area (Å²) in [4.78, 5) is 4.30. The number of benzene rings is 2. The van der Waals surface area contributed by atoms with Gasteiger partial charge in [0.25, 0.3) is 0 Å². The maximum Gasteiger partial charge on any atom is 0.241 e. The molecule has 122 valence electrons. The van der Waals surface area contributed by atoms with Gasteiger partial charge in [-0.1, -0.05) is 59.6 Å². The number of hydrogen-bond acceptors (Lipinski definition) is 4. The van der Waals surface area contributed by atoms with E-state index in [1.807, 2.05) is 30.3 Å². The molecule has 1 aliphatic heterocycles. The summed E-state index contributed by atoms with van der Waals surface area (Å²) in [5.41, 5.74) is 7.94. The summed E-state index contributed by atoms with van der Waals surface area (Å²) in [6, 6.07) is 15.8. The van der Waals surface area contributed by atoms with Crippen LogP contribution in [0, 0.1) is 0 Å². The maximum absolute atomic E-state index is 6.43. The van der Waals surface area contributed by atoms with Crippen LogP contribution in [0.15, 0.2) is 48.5 Å². The van der Waals surface area contributed by atoms with E-state index in [-0.39, 0.29) is 18.0 Å². The third-order valence-electron chi connectivity index (χ3n) is 4.23. The number of anilines is 2. The SMILES string of the molecule is Nc1nc2n(n1)[C@H](c1ccc(Cl)cc1Cl)C[C@H](c1ccccc1)N2. The van der Waals surface area contributed by atoms with Gasteiger partial charge in [0.05, 0.1) is 12.1 Å². The molecule has 2 aromatic carbocycles. The van der Waals surface area contributed by atoms with Crippen LogP contribution >= 0.6 is 23.2 Å². The molecule has 0 fully saturated rings. The number of halogens is 2. The topological polar surface area (TPSA) is 68.8 Å². The van der Waals surface area contributed by atoms with Crippen LogP contribution in [0.1, 0.15) is 29.6 Å². The molecular formula is C17H15Cl2N5. The van der Waals surface area contributed by atoms with Crippen LogP contribution in [0.25, 0.3) is 0 Å². The average molecular weight is 360 g/mol. The number of nitrogens with zero attached hydrogens (tertiary/aromatic N) is 3. The first kappa shape index (κ1) is 15.3. The van der Waals surface area contributed by atoms with Crippen LogP contribution in [0.4, 0.5) is 11.9 Å². The molecule has 1 aliphatic rings. The number of nitrogen functional groups attached to an aromatic ring is 1. The molecule has 5 nitrogen and oxygen atoms in total. The van der Waals surface area contributed by atoms with Crippen LogP contribution in [0.5, 0.6) is 0 Å². The Labute approximate surface area is 149 Å². The van der Waals surface area contributed by atoms with E-state index in [0.717, 1.165) is 12.0 Å². The lowest BCUT2D eigenvalue weighted by Crippen LogP contribution is -2.28. The molecular weight excluding hydrogens is 345 g/mol. The molecule has 0 unspecified atom stereocenters. The Bertz CT molecular complexity index is 878. The second kappa shape index (κ2) is 6.00. The van der Waals surface area contributed by atoms with Gasteiger partial charge in [-0.3, -0.25) is 0 Å². The molecule has 2 heterocycles. The van der Waals surface area contributed by atoms with Gasteiger partial charge in [-0.25, -0.2) is 4.68 Å². The highest BCUT2D eigenvalue weighted by molar-refractivity contribution is 6.35. The maximum atomic E-state index is 6.43. The first-order chi connectivity index (χ1) is 11.6. The molecule has 1 aromatic heterocycles. The van der Waals surface area contributed by atoms with Crippen molar-refractivity contribution >= 4 is 35.1 Å². The Balaban J connectivity index is 1.79. The highest BCUT2D eigenvalue weighted by Crippen LogP contribution is 2.40. The van der Waals surface area contributed by atoms with Crippen LogP contribution in [-0.2, 0) is 0 Å². The predicted octanol–water partition coefficient (Wildman–Crippen LogP) is 4.31. The fraction of sp³-hybridized carbons (Fsp3) is 0.176. The molecule has 0 saturated carbocycles. The fourth-order valence-corrected chi connectivity index (χ4v) is 3.66. The second-order valence-corrected chi connectivity index (χ2v) is 6.61. The predicted molar refractivity (Wildman–Crippen MR) is 96.5 cm³/mol. The monoisotopic (exact) mass is 359 g/mol. The van der Waals surface area contributed by atoms with Gasteiger partial charge in [0.1, 0.15) is 0 Å². The summed E-state index contributed by atoms with van der Waals surface area (Å²) in [5.74, 6) is 0.880. The molecule has 0 radical (unpaired) electrons. The quantitative estimate of drug-likeness (QED) is 0.714. The van der Waals surface area contributed by atoms with Crippen molar-refractivity contribution in [2.45, 2.75) is 18.5 Å². The lowest BCUT2D eigenvalue weighted by atomic mass is 9.93. The molecule has 3 N–H and O–H groups in total. The van der Waals surface area contributed by atoms with Crippen LogP contribution in [0.2, 0.25) is 10.0 Å². The highest BCUT2D eigenvalue weighted by atomic mass is 35.5. The van der Waals surface area contributed by atoms with Crippen molar-refractivity contribution in [3.8, 4) is 0 Å². The number of nitrogens with one attached hydrogen (secondary N) is 1. The lowest BCUT2D eigenvalue weighted by molar-refractivity contribution is 0.431. The Morgan fingerprint density at radius 1 is 1.12 bits per heavy atom. The van der Waals surface area contributed by atoms with Gasteiger partial charge in [0.2, 0.25) is 11.9 Å². The molecule has 0 amide bonds. The zero-order valence-corrected chi connectivity index (χ0v) is 14.2. The van der Waals surface area contributed by atoms with Gasteiger partial charge in [0, 0.05) is 10.0 Å². The minimum atomic E-state index is -0.0685. The van der Waals surface area contributed by atoms with E-state index in [9.17, 15) is 0 Å². The van der Waals surface area contributed by atoms with Gasteiger partial charge in [0.15, 0.2) is 0 Å². The molecule has 7 heteroatoms. The Hall–Kier alpha value is -2.24. The van der Waals surface area contributed by atoms with Gasteiger partial charge in [-0.05, 0) is 29.7 Å². The number of aromatic nitrogens is 3. The summed E-state index contributed by atoms with van der Waals surface area (Å²) in [6.07, 6.45) is 0.779. The zero-order chi connectivity index (χ0) is 16.7. The summed E-state index contributed by atoms with van der Waals surface area (Å²) in [7, 11) is 0. The summed E-state index contributed by atoms with van der Waals surface area (Å²) in [5, 5.41) is 8.95. The number of nitrogens with two attached hydrogens (primary N) is 1. The Kier molecular flexibility index (Phi) is 3.82. The summed E-state index contributed by atoms with van der Waals surface area (Å²) in [6.45, 7) is 0. The first-order valence-electron chi connectivity index (χ1n) is 7.60. The molecule has 24 heavy (non-hydrogen) atoms. The third kappa shape index (κ3) is 2.70. The van der Waals surface area contributed by atoms with Crippen molar-refractivity contribution in [3.63, 3.8) is 0 Å². The van der Waals surface area contributed by atoms with Gasteiger partial charge in [-0.15, -0.1) is 5.10 Å².